The van der Waals surface area contributed by atoms with E-state index in [1.165, 1.54) is 19.3 Å². The van der Waals surface area contributed by atoms with Gasteiger partial charge in [0.25, 0.3) is 0 Å². The van der Waals surface area contributed by atoms with Gasteiger partial charge in [-0.05, 0) is 50.1 Å². The number of rotatable bonds is 6. The Morgan fingerprint density at radius 1 is 0.909 bits per heavy atom. The van der Waals surface area contributed by atoms with Crippen molar-refractivity contribution in [3.63, 3.8) is 0 Å². The first-order valence-corrected chi connectivity index (χ1v) is 8.09. The maximum atomic E-state index is 5.87. The van der Waals surface area contributed by atoms with Gasteiger partial charge in [0.2, 0.25) is 0 Å². The van der Waals surface area contributed by atoms with Gasteiger partial charge < -0.3 is 14.8 Å². The Hall–Kier alpha value is -2.00. The lowest BCUT2D eigenvalue weighted by Gasteiger charge is -2.23. The third-order valence-electron chi connectivity index (χ3n) is 3.93. The highest BCUT2D eigenvalue weighted by atomic mass is 16.5. The molecule has 3 heteroatoms. The lowest BCUT2D eigenvalue weighted by Crippen LogP contribution is -2.35. The summed E-state index contributed by atoms with van der Waals surface area (Å²) in [6.45, 7) is 1.89. The van der Waals surface area contributed by atoms with Crippen LogP contribution >= 0.6 is 0 Å². The van der Waals surface area contributed by atoms with Crippen molar-refractivity contribution in [3.8, 4) is 17.2 Å². The summed E-state index contributed by atoms with van der Waals surface area (Å²) in [4.78, 5) is 0. The molecule has 0 aromatic heterocycles. The van der Waals surface area contributed by atoms with Crippen LogP contribution in [0.1, 0.15) is 25.7 Å². The van der Waals surface area contributed by atoms with Crippen LogP contribution in [0.4, 0.5) is 0 Å². The number of hydrogen-bond acceptors (Lipinski definition) is 3. The van der Waals surface area contributed by atoms with Crippen molar-refractivity contribution >= 4 is 0 Å². The molecular weight excluding hydrogens is 274 g/mol. The van der Waals surface area contributed by atoms with E-state index in [9.17, 15) is 0 Å². The van der Waals surface area contributed by atoms with Crippen molar-refractivity contribution in [2.24, 2.45) is 0 Å². The topological polar surface area (TPSA) is 30.5 Å². The van der Waals surface area contributed by atoms with Crippen LogP contribution in [0.25, 0.3) is 0 Å². The lowest BCUT2D eigenvalue weighted by molar-refractivity contribution is 0.267. The molecular formula is C19H23NO2. The minimum Gasteiger partial charge on any atom is -0.493 e. The molecule has 1 aliphatic heterocycles. The molecule has 1 unspecified atom stereocenters. The number of ether oxygens (including phenoxy) is 2. The smallest absolute Gasteiger partial charge is 0.131 e. The van der Waals surface area contributed by atoms with Crippen LogP contribution in [0, 0.1) is 0 Å². The Balaban J connectivity index is 1.50. The molecule has 22 heavy (non-hydrogen) atoms. The van der Waals surface area contributed by atoms with E-state index in [1.807, 2.05) is 54.6 Å². The first-order chi connectivity index (χ1) is 10.9. The standard InChI is InChI=1S/C19H23NO2/c1-2-8-17(9-3-1)22-19-11-6-10-18(15-19)21-14-12-16-7-4-5-13-20-16/h1-3,6,8-11,15-16,20H,4-5,7,12-14H2. The maximum Gasteiger partial charge on any atom is 0.131 e. The molecule has 2 aromatic rings. The molecule has 1 N–H and O–H groups in total. The molecule has 0 bridgehead atoms. The van der Waals surface area contributed by atoms with Crippen molar-refractivity contribution in [3.05, 3.63) is 54.6 Å². The fourth-order valence-corrected chi connectivity index (χ4v) is 2.74. The van der Waals surface area contributed by atoms with Crippen molar-refractivity contribution in [1.82, 2.24) is 5.32 Å². The molecule has 0 saturated carbocycles. The zero-order chi connectivity index (χ0) is 15.0. The normalized spacial score (nSPS) is 17.9. The van der Waals surface area contributed by atoms with E-state index in [4.69, 9.17) is 9.47 Å². The Kier molecular flexibility index (Phi) is 5.32. The predicted molar refractivity (Wildman–Crippen MR) is 88.7 cm³/mol. The highest BCUT2D eigenvalue weighted by Crippen LogP contribution is 2.25. The SMILES string of the molecule is c1ccc(Oc2cccc(OCCC3CCCCN3)c2)cc1. The Labute approximate surface area is 132 Å². The molecule has 1 atom stereocenters. The largest absolute Gasteiger partial charge is 0.493 e. The number of hydrogen-bond donors (Lipinski definition) is 1. The van der Waals surface area contributed by atoms with Gasteiger partial charge in [-0.25, -0.2) is 0 Å². The molecule has 116 valence electrons. The van der Waals surface area contributed by atoms with Crippen molar-refractivity contribution in [2.45, 2.75) is 31.7 Å². The van der Waals surface area contributed by atoms with Crippen LogP contribution in [0.2, 0.25) is 0 Å². The molecule has 0 amide bonds. The molecule has 1 heterocycles. The van der Waals surface area contributed by atoms with E-state index in [0.717, 1.165) is 36.8 Å². The second kappa shape index (κ2) is 7.85. The second-order valence-electron chi connectivity index (χ2n) is 5.67. The summed E-state index contributed by atoms with van der Waals surface area (Å²) in [6, 6.07) is 18.2. The number of benzene rings is 2. The molecule has 1 saturated heterocycles. The zero-order valence-electron chi connectivity index (χ0n) is 12.8. The summed E-state index contributed by atoms with van der Waals surface area (Å²) in [5.74, 6) is 2.51. The van der Waals surface area contributed by atoms with Crippen LogP contribution in [-0.2, 0) is 0 Å². The highest BCUT2D eigenvalue weighted by Gasteiger charge is 2.12. The van der Waals surface area contributed by atoms with Gasteiger partial charge in [-0.2, -0.15) is 0 Å². The van der Waals surface area contributed by atoms with Gasteiger partial charge in [0, 0.05) is 12.1 Å². The summed E-state index contributed by atoms with van der Waals surface area (Å²) in [5, 5.41) is 3.54. The van der Waals surface area contributed by atoms with Gasteiger partial charge in [0.15, 0.2) is 0 Å². The van der Waals surface area contributed by atoms with E-state index in [-0.39, 0.29) is 0 Å². The fraction of sp³-hybridized carbons (Fsp3) is 0.368. The van der Waals surface area contributed by atoms with Crippen molar-refractivity contribution in [1.29, 1.82) is 0 Å². The predicted octanol–water partition coefficient (Wildman–Crippen LogP) is 4.39. The minimum absolute atomic E-state index is 0.609. The van der Waals surface area contributed by atoms with Gasteiger partial charge in [-0.15, -0.1) is 0 Å². The van der Waals surface area contributed by atoms with E-state index in [0.29, 0.717) is 6.04 Å². The molecule has 1 fully saturated rings. The quantitative estimate of drug-likeness (QED) is 0.857. The van der Waals surface area contributed by atoms with Crippen LogP contribution < -0.4 is 14.8 Å². The third-order valence-corrected chi connectivity index (χ3v) is 3.93. The Bertz CT molecular complexity index is 565. The second-order valence-corrected chi connectivity index (χ2v) is 5.67. The molecule has 0 aliphatic carbocycles. The summed E-state index contributed by atoms with van der Waals surface area (Å²) in [7, 11) is 0. The van der Waals surface area contributed by atoms with E-state index in [2.05, 4.69) is 5.32 Å². The molecule has 1 aliphatic rings. The summed E-state index contributed by atoms with van der Waals surface area (Å²) >= 11 is 0. The summed E-state index contributed by atoms with van der Waals surface area (Å²) < 4.78 is 11.7. The summed E-state index contributed by atoms with van der Waals surface area (Å²) in [6.07, 6.45) is 4.96. The minimum atomic E-state index is 0.609. The molecule has 3 nitrogen and oxygen atoms in total. The van der Waals surface area contributed by atoms with Crippen LogP contribution in [0.5, 0.6) is 17.2 Å². The highest BCUT2D eigenvalue weighted by molar-refractivity contribution is 5.36. The lowest BCUT2D eigenvalue weighted by atomic mass is 10.0. The number of nitrogens with one attached hydrogen (secondary N) is 1. The number of piperidine rings is 1. The van der Waals surface area contributed by atoms with Crippen LogP contribution in [0.15, 0.2) is 54.6 Å². The van der Waals surface area contributed by atoms with E-state index in [1.54, 1.807) is 0 Å². The van der Waals surface area contributed by atoms with Crippen LogP contribution in [-0.4, -0.2) is 19.2 Å². The van der Waals surface area contributed by atoms with Crippen LogP contribution in [0.3, 0.4) is 0 Å². The van der Waals surface area contributed by atoms with E-state index >= 15 is 0 Å². The average Bonchev–Trinajstić information content (AvgIpc) is 2.57. The molecule has 3 rings (SSSR count). The number of para-hydroxylation sites is 1. The van der Waals surface area contributed by atoms with Gasteiger partial charge in [-0.3, -0.25) is 0 Å². The van der Waals surface area contributed by atoms with Crippen molar-refractivity contribution in [2.75, 3.05) is 13.2 Å². The van der Waals surface area contributed by atoms with E-state index < -0.39 is 0 Å². The Morgan fingerprint density at radius 2 is 1.73 bits per heavy atom. The van der Waals surface area contributed by atoms with Crippen molar-refractivity contribution < 1.29 is 9.47 Å². The summed E-state index contributed by atoms with van der Waals surface area (Å²) in [5.41, 5.74) is 0. The van der Waals surface area contributed by atoms with Gasteiger partial charge in [0.05, 0.1) is 6.61 Å². The fourth-order valence-electron chi connectivity index (χ4n) is 2.74. The molecule has 0 radical (unpaired) electrons. The zero-order valence-corrected chi connectivity index (χ0v) is 12.8. The Morgan fingerprint density at radius 3 is 2.55 bits per heavy atom. The van der Waals surface area contributed by atoms with Gasteiger partial charge >= 0.3 is 0 Å². The molecule has 2 aromatic carbocycles. The first kappa shape index (κ1) is 14.9. The van der Waals surface area contributed by atoms with Gasteiger partial charge in [0.1, 0.15) is 17.2 Å². The third kappa shape index (κ3) is 4.50. The first-order valence-electron chi connectivity index (χ1n) is 8.09. The van der Waals surface area contributed by atoms with Gasteiger partial charge in [-0.1, -0.05) is 30.7 Å². The monoisotopic (exact) mass is 297 g/mol. The average molecular weight is 297 g/mol. The maximum absolute atomic E-state index is 5.87. The molecule has 0 spiro atoms.